The second kappa shape index (κ2) is 6.30. The zero-order valence-electron chi connectivity index (χ0n) is 11.5. The summed E-state index contributed by atoms with van der Waals surface area (Å²) in [4.78, 5) is 0. The fraction of sp³-hybridized carbons (Fsp3) is 0.429. The first-order valence-electron chi connectivity index (χ1n) is 6.44. The standard InChI is InChI=1S/C14H19BrN4/c1-4-16-14(8-11-9-19(3)18-17-11)12-7-10(2)5-6-13(12)15/h5-7,9,14,16H,4,8H2,1-3H3. The SMILES string of the molecule is CCNC(Cc1cn(C)nn1)c1cc(C)ccc1Br. The fourth-order valence-corrected chi connectivity index (χ4v) is 2.69. The average molecular weight is 323 g/mol. The molecular weight excluding hydrogens is 304 g/mol. The summed E-state index contributed by atoms with van der Waals surface area (Å²) in [5.41, 5.74) is 3.54. The van der Waals surface area contributed by atoms with E-state index in [0.29, 0.717) is 0 Å². The first-order chi connectivity index (χ1) is 9.10. The van der Waals surface area contributed by atoms with Crippen LogP contribution in [0.2, 0.25) is 0 Å². The minimum Gasteiger partial charge on any atom is -0.310 e. The van der Waals surface area contributed by atoms with Crippen molar-refractivity contribution in [3.8, 4) is 0 Å². The summed E-state index contributed by atoms with van der Waals surface area (Å²) in [6.07, 6.45) is 2.80. The first-order valence-corrected chi connectivity index (χ1v) is 7.24. The molecule has 0 saturated heterocycles. The number of likely N-dealkylation sites (N-methyl/N-ethyl adjacent to an activating group) is 1. The molecule has 2 rings (SSSR count). The van der Waals surface area contributed by atoms with Gasteiger partial charge in [0.15, 0.2) is 0 Å². The zero-order valence-corrected chi connectivity index (χ0v) is 13.1. The van der Waals surface area contributed by atoms with Crippen LogP contribution in [0.3, 0.4) is 0 Å². The van der Waals surface area contributed by atoms with Crippen molar-refractivity contribution < 1.29 is 0 Å². The summed E-state index contributed by atoms with van der Waals surface area (Å²) in [6.45, 7) is 5.15. The highest BCUT2D eigenvalue weighted by atomic mass is 79.9. The molecule has 5 heteroatoms. The van der Waals surface area contributed by atoms with Crippen LogP contribution in [0.15, 0.2) is 28.9 Å². The van der Waals surface area contributed by atoms with Crippen LogP contribution in [0.5, 0.6) is 0 Å². The van der Waals surface area contributed by atoms with E-state index in [1.807, 2.05) is 13.2 Å². The normalized spacial score (nSPS) is 12.6. The second-order valence-electron chi connectivity index (χ2n) is 4.72. The van der Waals surface area contributed by atoms with Crippen LogP contribution in [0.25, 0.3) is 0 Å². The molecule has 0 radical (unpaired) electrons. The van der Waals surface area contributed by atoms with E-state index in [9.17, 15) is 0 Å². The topological polar surface area (TPSA) is 42.7 Å². The highest BCUT2D eigenvalue weighted by Crippen LogP contribution is 2.26. The molecule has 0 aliphatic carbocycles. The molecule has 2 aromatic rings. The van der Waals surface area contributed by atoms with E-state index in [1.165, 1.54) is 11.1 Å². The van der Waals surface area contributed by atoms with Crippen molar-refractivity contribution in [2.24, 2.45) is 7.05 Å². The van der Waals surface area contributed by atoms with Gasteiger partial charge in [0.2, 0.25) is 0 Å². The van der Waals surface area contributed by atoms with E-state index < -0.39 is 0 Å². The molecular formula is C14H19BrN4. The zero-order chi connectivity index (χ0) is 13.8. The lowest BCUT2D eigenvalue weighted by Gasteiger charge is -2.19. The lowest BCUT2D eigenvalue weighted by atomic mass is 10.0. The maximum absolute atomic E-state index is 4.17. The van der Waals surface area contributed by atoms with Crippen LogP contribution in [0.4, 0.5) is 0 Å². The molecule has 0 aliphatic rings. The van der Waals surface area contributed by atoms with Crippen LogP contribution in [0.1, 0.15) is 29.8 Å². The summed E-state index contributed by atoms with van der Waals surface area (Å²) in [5, 5.41) is 11.7. The summed E-state index contributed by atoms with van der Waals surface area (Å²) in [6, 6.07) is 6.68. The van der Waals surface area contributed by atoms with Gasteiger partial charge in [-0.3, -0.25) is 4.68 Å². The van der Waals surface area contributed by atoms with Gasteiger partial charge in [0.1, 0.15) is 0 Å². The molecule has 0 fully saturated rings. The Morgan fingerprint density at radius 2 is 2.21 bits per heavy atom. The predicted molar refractivity (Wildman–Crippen MR) is 80.0 cm³/mol. The van der Waals surface area contributed by atoms with Gasteiger partial charge in [-0.1, -0.05) is 45.8 Å². The molecule has 19 heavy (non-hydrogen) atoms. The number of hydrogen-bond donors (Lipinski definition) is 1. The van der Waals surface area contributed by atoms with Gasteiger partial charge in [0.25, 0.3) is 0 Å². The molecule has 0 bridgehead atoms. The average Bonchev–Trinajstić information content (AvgIpc) is 2.77. The molecule has 4 nitrogen and oxygen atoms in total. The van der Waals surface area contributed by atoms with Crippen LogP contribution in [-0.2, 0) is 13.5 Å². The van der Waals surface area contributed by atoms with Gasteiger partial charge in [-0.25, -0.2) is 0 Å². The Kier molecular flexibility index (Phi) is 4.71. The number of aryl methyl sites for hydroxylation is 2. The first kappa shape index (κ1) is 14.2. The van der Waals surface area contributed by atoms with Gasteiger partial charge < -0.3 is 5.32 Å². The third-order valence-electron chi connectivity index (χ3n) is 3.04. The maximum Gasteiger partial charge on any atom is 0.0845 e. The van der Waals surface area contributed by atoms with Gasteiger partial charge in [-0.15, -0.1) is 5.10 Å². The molecule has 102 valence electrons. The van der Waals surface area contributed by atoms with Crippen LogP contribution < -0.4 is 5.32 Å². The van der Waals surface area contributed by atoms with Crippen LogP contribution in [-0.4, -0.2) is 21.5 Å². The number of nitrogens with one attached hydrogen (secondary N) is 1. The molecule has 1 aromatic carbocycles. The predicted octanol–water partition coefficient (Wildman–Crippen LogP) is 2.78. The molecule has 1 atom stereocenters. The van der Waals surface area contributed by atoms with Crippen molar-refractivity contribution in [3.63, 3.8) is 0 Å². The van der Waals surface area contributed by atoms with E-state index >= 15 is 0 Å². The Bertz CT molecular complexity index is 550. The molecule has 0 amide bonds. The number of aromatic nitrogens is 3. The molecule has 1 unspecified atom stereocenters. The number of halogens is 1. The van der Waals surface area contributed by atoms with E-state index in [0.717, 1.165) is 23.1 Å². The molecule has 1 N–H and O–H groups in total. The summed E-state index contributed by atoms with van der Waals surface area (Å²) >= 11 is 3.64. The largest absolute Gasteiger partial charge is 0.310 e. The summed E-state index contributed by atoms with van der Waals surface area (Å²) < 4.78 is 2.87. The number of benzene rings is 1. The van der Waals surface area contributed by atoms with E-state index in [-0.39, 0.29) is 6.04 Å². The second-order valence-corrected chi connectivity index (χ2v) is 5.58. The van der Waals surface area contributed by atoms with Crippen molar-refractivity contribution in [1.82, 2.24) is 20.3 Å². The Morgan fingerprint density at radius 3 is 2.84 bits per heavy atom. The minimum absolute atomic E-state index is 0.246. The van der Waals surface area contributed by atoms with Gasteiger partial charge >= 0.3 is 0 Å². The molecule has 0 aliphatic heterocycles. The summed E-state index contributed by atoms with van der Waals surface area (Å²) in [7, 11) is 1.89. The molecule has 0 spiro atoms. The van der Waals surface area contributed by atoms with E-state index in [2.05, 4.69) is 63.6 Å². The lowest BCUT2D eigenvalue weighted by Crippen LogP contribution is -2.23. The van der Waals surface area contributed by atoms with Crippen LogP contribution in [0, 0.1) is 6.92 Å². The van der Waals surface area contributed by atoms with E-state index in [1.54, 1.807) is 4.68 Å². The molecule has 1 aromatic heterocycles. The Morgan fingerprint density at radius 1 is 1.42 bits per heavy atom. The van der Waals surface area contributed by atoms with Gasteiger partial charge in [0.05, 0.1) is 5.69 Å². The minimum atomic E-state index is 0.246. The third kappa shape index (κ3) is 3.64. The Hall–Kier alpha value is -1.20. The number of nitrogens with zero attached hydrogens (tertiary/aromatic N) is 3. The van der Waals surface area contributed by atoms with Crippen molar-refractivity contribution >= 4 is 15.9 Å². The highest BCUT2D eigenvalue weighted by Gasteiger charge is 2.16. The van der Waals surface area contributed by atoms with Crippen molar-refractivity contribution in [2.45, 2.75) is 26.3 Å². The third-order valence-corrected chi connectivity index (χ3v) is 3.76. The smallest absolute Gasteiger partial charge is 0.0845 e. The Balaban J connectivity index is 2.26. The van der Waals surface area contributed by atoms with Crippen molar-refractivity contribution in [1.29, 1.82) is 0 Å². The van der Waals surface area contributed by atoms with Gasteiger partial charge in [-0.2, -0.15) is 0 Å². The Labute approximate surface area is 122 Å². The van der Waals surface area contributed by atoms with Crippen molar-refractivity contribution in [2.75, 3.05) is 6.54 Å². The highest BCUT2D eigenvalue weighted by molar-refractivity contribution is 9.10. The van der Waals surface area contributed by atoms with Crippen LogP contribution >= 0.6 is 15.9 Å². The number of hydrogen-bond acceptors (Lipinski definition) is 3. The van der Waals surface area contributed by atoms with Gasteiger partial charge in [0, 0.05) is 30.2 Å². The summed E-state index contributed by atoms with van der Waals surface area (Å²) in [5.74, 6) is 0. The van der Waals surface area contributed by atoms with Crippen molar-refractivity contribution in [3.05, 3.63) is 45.7 Å². The fourth-order valence-electron chi connectivity index (χ4n) is 2.17. The molecule has 1 heterocycles. The lowest BCUT2D eigenvalue weighted by molar-refractivity contribution is 0.541. The maximum atomic E-state index is 4.17. The number of rotatable bonds is 5. The molecule has 0 saturated carbocycles. The quantitative estimate of drug-likeness (QED) is 0.920. The monoisotopic (exact) mass is 322 g/mol. The van der Waals surface area contributed by atoms with E-state index in [4.69, 9.17) is 0 Å². The van der Waals surface area contributed by atoms with Gasteiger partial charge in [-0.05, 0) is 25.1 Å².